The number of benzene rings is 3. The van der Waals surface area contributed by atoms with Crippen LogP contribution < -0.4 is 14.4 Å². The summed E-state index contributed by atoms with van der Waals surface area (Å²) in [5, 5.41) is 0. The SMILES string of the molecule is Cc1ccccc1C(=O)N(Cc1ccc2c(c1)OCO2)C1CC(=O)N(c2ccc(I)cc2)C1=O. The van der Waals surface area contributed by atoms with Crippen LogP contribution in [0.25, 0.3) is 0 Å². The van der Waals surface area contributed by atoms with Crippen molar-refractivity contribution in [2.45, 2.75) is 25.9 Å². The summed E-state index contributed by atoms with van der Waals surface area (Å²) in [4.78, 5) is 42.8. The largest absolute Gasteiger partial charge is 0.454 e. The van der Waals surface area contributed by atoms with E-state index in [0.29, 0.717) is 22.7 Å². The Labute approximate surface area is 210 Å². The van der Waals surface area contributed by atoms with E-state index in [1.165, 1.54) is 9.80 Å². The summed E-state index contributed by atoms with van der Waals surface area (Å²) in [7, 11) is 0. The topological polar surface area (TPSA) is 76.2 Å². The van der Waals surface area contributed by atoms with Crippen LogP contribution >= 0.6 is 22.6 Å². The Morgan fingerprint density at radius 1 is 1.03 bits per heavy atom. The number of ether oxygens (including phenoxy) is 2. The first kappa shape index (κ1) is 22.4. The quantitative estimate of drug-likeness (QED) is 0.339. The summed E-state index contributed by atoms with van der Waals surface area (Å²) in [5.41, 5.74) is 2.58. The molecule has 2 aliphatic rings. The number of halogens is 1. The highest BCUT2D eigenvalue weighted by Gasteiger charge is 2.44. The van der Waals surface area contributed by atoms with Crippen LogP contribution in [0.1, 0.15) is 27.9 Å². The van der Waals surface area contributed by atoms with Crippen molar-refractivity contribution in [1.29, 1.82) is 0 Å². The molecule has 0 saturated carbocycles. The molecular weight excluding hydrogens is 547 g/mol. The minimum absolute atomic E-state index is 0.0764. The number of hydrogen-bond donors (Lipinski definition) is 0. The Bertz CT molecular complexity index is 1290. The molecule has 2 heterocycles. The number of amides is 3. The summed E-state index contributed by atoms with van der Waals surface area (Å²) in [5.74, 6) is 0.192. The molecule has 0 bridgehead atoms. The number of fused-ring (bicyclic) bond motifs is 1. The molecule has 0 radical (unpaired) electrons. The highest BCUT2D eigenvalue weighted by molar-refractivity contribution is 14.1. The molecular formula is C26H21IN2O5. The molecule has 0 spiro atoms. The van der Waals surface area contributed by atoms with Crippen LogP contribution in [0.15, 0.2) is 66.7 Å². The predicted molar refractivity (Wildman–Crippen MR) is 134 cm³/mol. The van der Waals surface area contributed by atoms with Gasteiger partial charge in [-0.15, -0.1) is 0 Å². The molecule has 7 nitrogen and oxygen atoms in total. The molecule has 2 aliphatic heterocycles. The smallest absolute Gasteiger partial charge is 0.257 e. The van der Waals surface area contributed by atoms with Gasteiger partial charge in [-0.25, -0.2) is 4.90 Å². The van der Waals surface area contributed by atoms with E-state index in [2.05, 4.69) is 22.6 Å². The maximum atomic E-state index is 13.7. The zero-order valence-corrected chi connectivity index (χ0v) is 20.5. The van der Waals surface area contributed by atoms with Crippen molar-refractivity contribution in [2.24, 2.45) is 0 Å². The standard InChI is InChI=1S/C26H21IN2O5/c1-16-4-2-3-5-20(16)25(31)28(14-17-6-11-22-23(12-17)34-15-33-22)21-13-24(30)29(26(21)32)19-9-7-18(27)8-10-19/h2-12,21H,13-15H2,1H3. The predicted octanol–water partition coefficient (Wildman–Crippen LogP) is 4.30. The van der Waals surface area contributed by atoms with Gasteiger partial charge in [-0.2, -0.15) is 0 Å². The monoisotopic (exact) mass is 568 g/mol. The fraction of sp³-hybridized carbons (Fsp3) is 0.192. The molecule has 8 heteroatoms. The summed E-state index contributed by atoms with van der Waals surface area (Å²) in [6, 6.07) is 18.9. The van der Waals surface area contributed by atoms with E-state index in [4.69, 9.17) is 9.47 Å². The third kappa shape index (κ3) is 4.13. The van der Waals surface area contributed by atoms with Crippen molar-refractivity contribution < 1.29 is 23.9 Å². The van der Waals surface area contributed by atoms with Crippen molar-refractivity contribution in [3.8, 4) is 11.5 Å². The minimum atomic E-state index is -0.913. The molecule has 3 aromatic rings. The fourth-order valence-corrected chi connectivity index (χ4v) is 4.61. The highest BCUT2D eigenvalue weighted by Crippen LogP contribution is 2.34. The number of nitrogens with zero attached hydrogens (tertiary/aromatic N) is 2. The van der Waals surface area contributed by atoms with E-state index in [-0.39, 0.29) is 31.6 Å². The Kier molecular flexibility index (Phi) is 5.99. The summed E-state index contributed by atoms with van der Waals surface area (Å²) < 4.78 is 11.9. The number of carbonyl (C=O) groups excluding carboxylic acids is 3. The Hall–Kier alpha value is -3.40. The van der Waals surface area contributed by atoms with E-state index < -0.39 is 11.9 Å². The number of anilines is 1. The summed E-state index contributed by atoms with van der Waals surface area (Å²) >= 11 is 2.17. The number of carbonyl (C=O) groups is 3. The van der Waals surface area contributed by atoms with Crippen LogP contribution in [0.5, 0.6) is 11.5 Å². The van der Waals surface area contributed by atoms with Gasteiger partial charge < -0.3 is 14.4 Å². The lowest BCUT2D eigenvalue weighted by atomic mass is 10.0. The molecule has 172 valence electrons. The number of hydrogen-bond acceptors (Lipinski definition) is 5. The Morgan fingerprint density at radius 3 is 2.53 bits per heavy atom. The molecule has 0 aliphatic carbocycles. The first-order valence-corrected chi connectivity index (χ1v) is 11.9. The zero-order valence-electron chi connectivity index (χ0n) is 18.4. The number of imide groups is 1. The van der Waals surface area contributed by atoms with Gasteiger partial charge in [0.05, 0.1) is 12.1 Å². The molecule has 0 aromatic heterocycles. The van der Waals surface area contributed by atoms with Gasteiger partial charge >= 0.3 is 0 Å². The third-order valence-electron chi connectivity index (χ3n) is 6.01. The lowest BCUT2D eigenvalue weighted by Crippen LogP contribution is -2.45. The van der Waals surface area contributed by atoms with Gasteiger partial charge in [0.15, 0.2) is 11.5 Å². The lowest BCUT2D eigenvalue weighted by molar-refractivity contribution is -0.122. The van der Waals surface area contributed by atoms with Gasteiger partial charge in [0.1, 0.15) is 6.04 Å². The molecule has 5 rings (SSSR count). The van der Waals surface area contributed by atoms with Crippen molar-refractivity contribution in [3.63, 3.8) is 0 Å². The van der Waals surface area contributed by atoms with Crippen molar-refractivity contribution in [2.75, 3.05) is 11.7 Å². The molecule has 34 heavy (non-hydrogen) atoms. The van der Waals surface area contributed by atoms with Crippen molar-refractivity contribution in [3.05, 3.63) is 87.0 Å². The van der Waals surface area contributed by atoms with Crippen molar-refractivity contribution in [1.82, 2.24) is 4.90 Å². The van der Waals surface area contributed by atoms with Crippen LogP contribution in [0.2, 0.25) is 0 Å². The van der Waals surface area contributed by atoms with Crippen LogP contribution in [-0.2, 0) is 16.1 Å². The third-order valence-corrected chi connectivity index (χ3v) is 6.73. The lowest BCUT2D eigenvalue weighted by Gasteiger charge is -2.28. The van der Waals surface area contributed by atoms with Gasteiger partial charge in [-0.05, 0) is 83.1 Å². The average molecular weight is 568 g/mol. The van der Waals surface area contributed by atoms with Gasteiger partial charge in [0.25, 0.3) is 11.8 Å². The molecule has 3 aromatic carbocycles. The number of rotatable bonds is 5. The maximum Gasteiger partial charge on any atom is 0.257 e. The second-order valence-corrected chi connectivity index (χ2v) is 9.44. The molecule has 1 saturated heterocycles. The zero-order chi connectivity index (χ0) is 23.8. The minimum Gasteiger partial charge on any atom is -0.454 e. The van der Waals surface area contributed by atoms with E-state index >= 15 is 0 Å². The van der Waals surface area contributed by atoms with Gasteiger partial charge in [0.2, 0.25) is 12.7 Å². The van der Waals surface area contributed by atoms with Crippen LogP contribution in [-0.4, -0.2) is 35.5 Å². The fourth-order valence-electron chi connectivity index (χ4n) is 4.25. The molecule has 3 amide bonds. The Balaban J connectivity index is 1.50. The second-order valence-electron chi connectivity index (χ2n) is 8.20. The Morgan fingerprint density at radius 2 is 1.76 bits per heavy atom. The first-order valence-electron chi connectivity index (χ1n) is 10.8. The van der Waals surface area contributed by atoms with Gasteiger partial charge in [0, 0.05) is 15.7 Å². The van der Waals surface area contributed by atoms with Crippen molar-refractivity contribution >= 4 is 46.0 Å². The second kappa shape index (κ2) is 9.09. The first-order chi connectivity index (χ1) is 16.4. The van der Waals surface area contributed by atoms with E-state index in [1.807, 2.05) is 37.3 Å². The van der Waals surface area contributed by atoms with E-state index in [0.717, 1.165) is 14.7 Å². The van der Waals surface area contributed by atoms with E-state index in [1.54, 1.807) is 36.4 Å². The highest BCUT2D eigenvalue weighted by atomic mass is 127. The van der Waals surface area contributed by atoms with Gasteiger partial charge in [-0.3, -0.25) is 14.4 Å². The van der Waals surface area contributed by atoms with Crippen LogP contribution in [0.3, 0.4) is 0 Å². The summed E-state index contributed by atoms with van der Waals surface area (Å²) in [6.07, 6.45) is -0.0764. The van der Waals surface area contributed by atoms with Crippen LogP contribution in [0, 0.1) is 10.5 Å². The average Bonchev–Trinajstić information content (AvgIpc) is 3.41. The molecule has 1 unspecified atom stereocenters. The molecule has 1 fully saturated rings. The molecule has 1 atom stereocenters. The molecule has 0 N–H and O–H groups in total. The number of aryl methyl sites for hydroxylation is 1. The summed E-state index contributed by atoms with van der Waals surface area (Å²) in [6.45, 7) is 2.14. The van der Waals surface area contributed by atoms with Crippen LogP contribution in [0.4, 0.5) is 5.69 Å². The normalized spacial score (nSPS) is 16.8. The van der Waals surface area contributed by atoms with Gasteiger partial charge in [-0.1, -0.05) is 24.3 Å². The maximum absolute atomic E-state index is 13.7. The van der Waals surface area contributed by atoms with E-state index in [9.17, 15) is 14.4 Å².